The summed E-state index contributed by atoms with van der Waals surface area (Å²) in [6.07, 6.45) is 1.34. The van der Waals surface area contributed by atoms with Gasteiger partial charge in [-0.1, -0.05) is 17.7 Å². The Morgan fingerprint density at radius 2 is 1.64 bits per heavy atom. The van der Waals surface area contributed by atoms with E-state index in [1.54, 1.807) is 24.3 Å². The minimum Gasteiger partial charge on any atom is -0.490 e. The standard InChI is InChI=1S/C23H26N2O7S/c1-15-3-5-17(6-4-15)33(29,30)25-9-7-16(8-10-25)22(26)24-19-14-21-20(13-18(19)23(27)28)31-11-2-12-32-21/h3-6,13-14,16H,2,7-12H2,1H3,(H,24,26)(H,27,28). The van der Waals surface area contributed by atoms with Crippen molar-refractivity contribution in [2.24, 2.45) is 5.92 Å². The second kappa shape index (κ2) is 9.40. The summed E-state index contributed by atoms with van der Waals surface area (Å²) in [5, 5.41) is 12.3. The van der Waals surface area contributed by atoms with Gasteiger partial charge in [0.05, 0.1) is 29.4 Å². The summed E-state index contributed by atoms with van der Waals surface area (Å²) >= 11 is 0. The number of piperidine rings is 1. The first-order valence-corrected chi connectivity index (χ1v) is 12.2. The molecule has 176 valence electrons. The van der Waals surface area contributed by atoms with Crippen molar-refractivity contribution in [2.75, 3.05) is 31.6 Å². The average molecular weight is 475 g/mol. The Morgan fingerprint density at radius 1 is 1.03 bits per heavy atom. The second-order valence-electron chi connectivity index (χ2n) is 8.18. The first-order chi connectivity index (χ1) is 15.8. The number of carbonyl (C=O) groups excluding carboxylic acids is 1. The molecule has 2 heterocycles. The number of anilines is 1. The quantitative estimate of drug-likeness (QED) is 0.683. The maximum atomic E-state index is 12.9. The summed E-state index contributed by atoms with van der Waals surface area (Å²) in [6, 6.07) is 9.50. The third-order valence-corrected chi connectivity index (χ3v) is 7.77. The number of sulfonamides is 1. The fourth-order valence-electron chi connectivity index (χ4n) is 3.94. The molecule has 0 unspecified atom stereocenters. The molecular formula is C23H26N2O7S. The zero-order chi connectivity index (χ0) is 23.6. The molecule has 1 amide bonds. The number of benzene rings is 2. The molecular weight excluding hydrogens is 448 g/mol. The molecule has 2 aromatic carbocycles. The van der Waals surface area contributed by atoms with Gasteiger partial charge in [-0.3, -0.25) is 4.79 Å². The zero-order valence-corrected chi connectivity index (χ0v) is 19.1. The third kappa shape index (κ3) is 4.96. The van der Waals surface area contributed by atoms with E-state index in [9.17, 15) is 23.1 Å². The van der Waals surface area contributed by atoms with Crippen molar-refractivity contribution in [3.8, 4) is 11.5 Å². The number of rotatable bonds is 5. The van der Waals surface area contributed by atoms with E-state index in [1.165, 1.54) is 16.4 Å². The highest BCUT2D eigenvalue weighted by molar-refractivity contribution is 7.89. The number of carboxylic acids is 1. The van der Waals surface area contributed by atoms with E-state index in [2.05, 4.69) is 5.32 Å². The van der Waals surface area contributed by atoms with E-state index >= 15 is 0 Å². The van der Waals surface area contributed by atoms with Crippen molar-refractivity contribution >= 4 is 27.6 Å². The molecule has 9 nitrogen and oxygen atoms in total. The lowest BCUT2D eigenvalue weighted by atomic mass is 9.97. The number of carboxylic acid groups (broad SMARTS) is 1. The fraction of sp³-hybridized carbons (Fsp3) is 0.391. The molecule has 0 bridgehead atoms. The molecule has 0 saturated carbocycles. The predicted octanol–water partition coefficient (Wildman–Crippen LogP) is 2.89. The first kappa shape index (κ1) is 23.1. The smallest absolute Gasteiger partial charge is 0.337 e. The van der Waals surface area contributed by atoms with Gasteiger partial charge in [-0.25, -0.2) is 13.2 Å². The van der Waals surface area contributed by atoms with Gasteiger partial charge in [0.2, 0.25) is 15.9 Å². The van der Waals surface area contributed by atoms with Crippen molar-refractivity contribution in [3.63, 3.8) is 0 Å². The fourth-order valence-corrected chi connectivity index (χ4v) is 5.41. The van der Waals surface area contributed by atoms with E-state index in [1.807, 2.05) is 6.92 Å². The van der Waals surface area contributed by atoms with Gasteiger partial charge in [0.1, 0.15) is 0 Å². The molecule has 10 heteroatoms. The number of nitrogens with zero attached hydrogens (tertiary/aromatic N) is 1. The highest BCUT2D eigenvalue weighted by Crippen LogP contribution is 2.36. The average Bonchev–Trinajstić information content (AvgIpc) is 3.03. The summed E-state index contributed by atoms with van der Waals surface area (Å²) in [5.41, 5.74) is 1.01. The van der Waals surface area contributed by atoms with Crippen LogP contribution in [-0.2, 0) is 14.8 Å². The van der Waals surface area contributed by atoms with Crippen molar-refractivity contribution < 1.29 is 32.6 Å². The summed E-state index contributed by atoms with van der Waals surface area (Å²) in [6.45, 7) is 3.16. The zero-order valence-electron chi connectivity index (χ0n) is 18.2. The number of carbonyl (C=O) groups is 2. The number of aromatic carboxylic acids is 1. The summed E-state index contributed by atoms with van der Waals surface area (Å²) in [5.74, 6) is -1.27. The lowest BCUT2D eigenvalue weighted by Gasteiger charge is -2.30. The first-order valence-electron chi connectivity index (χ1n) is 10.8. The van der Waals surface area contributed by atoms with Crippen LogP contribution in [0.5, 0.6) is 11.5 Å². The van der Waals surface area contributed by atoms with Gasteiger partial charge in [0, 0.05) is 37.6 Å². The molecule has 0 aliphatic carbocycles. The second-order valence-corrected chi connectivity index (χ2v) is 10.1. The molecule has 2 aliphatic rings. The number of fused-ring (bicyclic) bond motifs is 1. The minimum atomic E-state index is -3.63. The molecule has 2 aliphatic heterocycles. The normalized spacial score (nSPS) is 17.2. The maximum Gasteiger partial charge on any atom is 0.337 e. The summed E-state index contributed by atoms with van der Waals surface area (Å²) in [7, 11) is -3.63. The van der Waals surface area contributed by atoms with Crippen LogP contribution in [0.1, 0.15) is 35.2 Å². The lowest BCUT2D eigenvalue weighted by Crippen LogP contribution is -2.41. The Hall–Kier alpha value is -3.11. The Balaban J connectivity index is 1.45. The van der Waals surface area contributed by atoms with E-state index in [0.717, 1.165) is 5.56 Å². The number of amides is 1. The van der Waals surface area contributed by atoms with Crippen molar-refractivity contribution in [3.05, 3.63) is 47.5 Å². The number of hydrogen-bond donors (Lipinski definition) is 2. The van der Waals surface area contributed by atoms with E-state index < -0.39 is 21.9 Å². The SMILES string of the molecule is Cc1ccc(S(=O)(=O)N2CCC(C(=O)Nc3cc4c(cc3C(=O)O)OCCCO4)CC2)cc1. The number of ether oxygens (including phenoxy) is 2. The highest BCUT2D eigenvalue weighted by Gasteiger charge is 2.32. The largest absolute Gasteiger partial charge is 0.490 e. The molecule has 0 aromatic heterocycles. The van der Waals surface area contributed by atoms with Gasteiger partial charge in [-0.2, -0.15) is 4.31 Å². The van der Waals surface area contributed by atoms with E-state index in [-0.39, 0.29) is 35.1 Å². The van der Waals surface area contributed by atoms with Crippen molar-refractivity contribution in [1.29, 1.82) is 0 Å². The molecule has 2 aromatic rings. The predicted molar refractivity (Wildman–Crippen MR) is 120 cm³/mol. The van der Waals surface area contributed by atoms with Crippen LogP contribution in [0.25, 0.3) is 0 Å². The third-order valence-electron chi connectivity index (χ3n) is 5.86. The van der Waals surface area contributed by atoms with Crippen LogP contribution < -0.4 is 14.8 Å². The highest BCUT2D eigenvalue weighted by atomic mass is 32.2. The van der Waals surface area contributed by atoms with Crippen LogP contribution in [0.2, 0.25) is 0 Å². The summed E-state index contributed by atoms with van der Waals surface area (Å²) < 4.78 is 38.3. The number of nitrogens with one attached hydrogen (secondary N) is 1. The molecule has 1 saturated heterocycles. The Labute approximate surface area is 192 Å². The van der Waals surface area contributed by atoms with Gasteiger partial charge in [-0.05, 0) is 31.9 Å². The maximum absolute atomic E-state index is 12.9. The van der Waals surface area contributed by atoms with Crippen molar-refractivity contribution in [1.82, 2.24) is 4.31 Å². The van der Waals surface area contributed by atoms with Crippen LogP contribution in [0.4, 0.5) is 5.69 Å². The van der Waals surface area contributed by atoms with Crippen LogP contribution in [-0.4, -0.2) is 56.0 Å². The van der Waals surface area contributed by atoms with Crippen LogP contribution in [0, 0.1) is 12.8 Å². The van der Waals surface area contributed by atoms with Gasteiger partial charge in [-0.15, -0.1) is 0 Å². The monoisotopic (exact) mass is 474 g/mol. The summed E-state index contributed by atoms with van der Waals surface area (Å²) in [4.78, 5) is 24.9. The number of aryl methyl sites for hydroxylation is 1. The molecule has 0 spiro atoms. The topological polar surface area (TPSA) is 122 Å². The molecule has 33 heavy (non-hydrogen) atoms. The van der Waals surface area contributed by atoms with Crippen molar-refractivity contribution in [2.45, 2.75) is 31.1 Å². The molecule has 0 radical (unpaired) electrons. The van der Waals surface area contributed by atoms with Gasteiger partial charge in [0.25, 0.3) is 0 Å². The minimum absolute atomic E-state index is 0.0908. The van der Waals surface area contributed by atoms with Crippen LogP contribution in [0.15, 0.2) is 41.3 Å². The molecule has 4 rings (SSSR count). The van der Waals surface area contributed by atoms with Gasteiger partial charge >= 0.3 is 5.97 Å². The van der Waals surface area contributed by atoms with Crippen LogP contribution >= 0.6 is 0 Å². The Morgan fingerprint density at radius 3 is 2.24 bits per heavy atom. The lowest BCUT2D eigenvalue weighted by molar-refractivity contribution is -0.120. The van der Waals surface area contributed by atoms with E-state index in [4.69, 9.17) is 9.47 Å². The molecule has 1 fully saturated rings. The van der Waals surface area contributed by atoms with Gasteiger partial charge in [0.15, 0.2) is 11.5 Å². The Kier molecular flexibility index (Phi) is 6.57. The van der Waals surface area contributed by atoms with E-state index in [0.29, 0.717) is 44.0 Å². The molecule has 0 atom stereocenters. The number of hydrogen-bond acceptors (Lipinski definition) is 6. The van der Waals surface area contributed by atoms with Crippen LogP contribution in [0.3, 0.4) is 0 Å². The van der Waals surface area contributed by atoms with Gasteiger partial charge < -0.3 is 19.9 Å². The molecule has 2 N–H and O–H groups in total. The Bertz CT molecular complexity index is 1150.